The van der Waals surface area contributed by atoms with Crippen molar-refractivity contribution in [2.45, 2.75) is 45.6 Å². The summed E-state index contributed by atoms with van der Waals surface area (Å²) in [5, 5.41) is 1.09. The molecular formula is C25H30NOSiTi+. The molecule has 0 heterocycles. The van der Waals surface area contributed by atoms with Crippen molar-refractivity contribution in [3.05, 3.63) is 93.3 Å². The third-order valence-electron chi connectivity index (χ3n) is 6.81. The molecule has 0 aliphatic heterocycles. The van der Waals surface area contributed by atoms with Gasteiger partial charge < -0.3 is 8.61 Å². The molecule has 0 N–H and O–H groups in total. The smallest absolute Gasteiger partial charge is 0.325 e. The van der Waals surface area contributed by atoms with Crippen LogP contribution in [0.3, 0.4) is 0 Å². The first-order valence-electron chi connectivity index (χ1n) is 10.1. The molecule has 0 radical (unpaired) electrons. The van der Waals surface area contributed by atoms with Gasteiger partial charge >= 0.3 is 8.84 Å². The van der Waals surface area contributed by atoms with E-state index in [0.29, 0.717) is 4.15 Å². The Morgan fingerprint density at radius 1 is 1.03 bits per heavy atom. The van der Waals surface area contributed by atoms with Gasteiger partial charge in [0.15, 0.2) is 0 Å². The standard InChI is InChI=1S/C25H30NOSi.Ti/c1-17-9-7-11-19-15-23-21(24(17)19)12-8-10-18-13-14-20(16-22(18)23)28(27)26(5,6)25(2,3)4;/h7-8,11-15H,1,9-10,16H2,2-6H3;/q+1;. The summed E-state index contributed by atoms with van der Waals surface area (Å²) in [5.74, 6) is 0. The second-order valence-corrected chi connectivity index (χ2v) is 12.0. The number of quaternary nitrogens is 1. The van der Waals surface area contributed by atoms with E-state index >= 15 is 0 Å². The van der Waals surface area contributed by atoms with Gasteiger partial charge in [0, 0.05) is 33.3 Å². The fraction of sp³-hybridized carbons (Fsp3) is 0.360. The van der Waals surface area contributed by atoms with Gasteiger partial charge in [-0.05, 0) is 78.7 Å². The maximum absolute atomic E-state index is 13.6. The van der Waals surface area contributed by atoms with Crippen molar-refractivity contribution in [1.29, 1.82) is 0 Å². The number of nitrogens with zero attached hydrogens (tertiary/aromatic N) is 1. The van der Waals surface area contributed by atoms with Crippen LogP contribution in [0.5, 0.6) is 0 Å². The van der Waals surface area contributed by atoms with Gasteiger partial charge in [-0.25, -0.2) is 0 Å². The van der Waals surface area contributed by atoms with Crippen molar-refractivity contribution >= 4 is 8.84 Å². The van der Waals surface area contributed by atoms with Gasteiger partial charge in [-0.1, -0.05) is 43.0 Å². The summed E-state index contributed by atoms with van der Waals surface area (Å²) in [6.07, 6.45) is 18.2. The molecule has 2 nitrogen and oxygen atoms in total. The summed E-state index contributed by atoms with van der Waals surface area (Å²) in [6.45, 7) is 10.8. The average molecular weight is 436 g/mol. The van der Waals surface area contributed by atoms with E-state index in [1.807, 2.05) is 0 Å². The molecule has 0 aromatic heterocycles. The van der Waals surface area contributed by atoms with Crippen LogP contribution in [0.25, 0.3) is 0 Å². The van der Waals surface area contributed by atoms with E-state index in [2.05, 4.69) is 84.0 Å². The van der Waals surface area contributed by atoms with Crippen molar-refractivity contribution in [2.24, 2.45) is 0 Å². The maximum Gasteiger partial charge on any atom is 0.587 e. The van der Waals surface area contributed by atoms with Crippen LogP contribution in [0.2, 0.25) is 0 Å². The Balaban J connectivity index is 0.00000240. The van der Waals surface area contributed by atoms with Crippen LogP contribution in [-0.2, 0) is 26.2 Å². The first-order valence-corrected chi connectivity index (χ1v) is 11.5. The maximum atomic E-state index is 13.6. The van der Waals surface area contributed by atoms with Crippen LogP contribution in [0, 0.1) is 0 Å². The second kappa shape index (κ2) is 7.70. The van der Waals surface area contributed by atoms with Gasteiger partial charge in [0.2, 0.25) is 0 Å². The van der Waals surface area contributed by atoms with E-state index in [0.717, 1.165) is 24.5 Å². The molecular weight excluding hydrogens is 406 g/mol. The fourth-order valence-electron chi connectivity index (χ4n) is 4.21. The number of allylic oxidation sites excluding steroid dienone is 15. The monoisotopic (exact) mass is 436 g/mol. The fourth-order valence-corrected chi connectivity index (χ4v) is 6.09. The van der Waals surface area contributed by atoms with E-state index in [-0.39, 0.29) is 27.3 Å². The Hall–Kier alpha value is -1.39. The molecule has 0 bridgehead atoms. The second-order valence-electron chi connectivity index (χ2n) is 9.59. The molecule has 0 saturated carbocycles. The van der Waals surface area contributed by atoms with E-state index in [1.54, 1.807) is 0 Å². The van der Waals surface area contributed by atoms with E-state index < -0.39 is 8.84 Å². The van der Waals surface area contributed by atoms with Gasteiger partial charge in [0.05, 0.1) is 19.6 Å². The van der Waals surface area contributed by atoms with Gasteiger partial charge in [0.25, 0.3) is 0 Å². The Labute approximate surface area is 191 Å². The Kier molecular flexibility index (Phi) is 5.92. The minimum absolute atomic E-state index is 0. The normalized spacial score (nSPS) is 20.9. The summed E-state index contributed by atoms with van der Waals surface area (Å²) in [5.41, 5.74) is 9.01. The quantitative estimate of drug-likeness (QED) is 0.517. The molecule has 4 heteroatoms. The summed E-state index contributed by atoms with van der Waals surface area (Å²) >= 11 is 0. The Morgan fingerprint density at radius 2 is 1.72 bits per heavy atom. The molecule has 0 aromatic rings. The summed E-state index contributed by atoms with van der Waals surface area (Å²) in [7, 11) is 2.23. The zero-order valence-corrected chi connectivity index (χ0v) is 20.8. The molecule has 4 aliphatic carbocycles. The van der Waals surface area contributed by atoms with Gasteiger partial charge in [-0.2, -0.15) is 0 Å². The van der Waals surface area contributed by atoms with Crippen LogP contribution in [-0.4, -0.2) is 32.6 Å². The third kappa shape index (κ3) is 3.63. The van der Waals surface area contributed by atoms with Crippen LogP contribution >= 0.6 is 0 Å². The Morgan fingerprint density at radius 3 is 2.41 bits per heavy atom. The summed E-state index contributed by atoms with van der Waals surface area (Å²) in [4.78, 5) is 0. The van der Waals surface area contributed by atoms with E-state index in [4.69, 9.17) is 0 Å². The van der Waals surface area contributed by atoms with Gasteiger partial charge in [0.1, 0.15) is 0 Å². The molecule has 0 spiro atoms. The Bertz CT molecular complexity index is 1020. The number of rotatable bonds is 2. The number of fused-ring (bicyclic) bond motifs is 3. The molecule has 0 atom stereocenters. The largest absolute Gasteiger partial charge is 0.587 e. The van der Waals surface area contributed by atoms with E-state index in [9.17, 15) is 4.46 Å². The molecule has 4 rings (SSSR count). The number of hydrogen-bond donors (Lipinski definition) is 0. The minimum Gasteiger partial charge on any atom is -0.325 e. The first kappa shape index (κ1) is 22.3. The van der Waals surface area contributed by atoms with Crippen molar-refractivity contribution in [1.82, 2.24) is 0 Å². The zero-order chi connectivity index (χ0) is 20.3. The number of hydrogen-bond acceptors (Lipinski definition) is 1. The molecule has 0 aromatic carbocycles. The summed E-state index contributed by atoms with van der Waals surface area (Å²) in [6, 6.07) is 0. The summed E-state index contributed by atoms with van der Waals surface area (Å²) < 4.78 is 14.1. The van der Waals surface area contributed by atoms with Crippen LogP contribution in [0.15, 0.2) is 93.3 Å². The SMILES string of the molecule is C=C1CC=CC2=CC3=C4CC([Si](=O)[N+](C)(C)C(C)(C)C)=CC=C4CC=CC3=C12.[Ti]. The topological polar surface area (TPSA) is 17.1 Å². The van der Waals surface area contributed by atoms with Crippen LogP contribution < -0.4 is 0 Å². The van der Waals surface area contributed by atoms with Crippen LogP contribution in [0.1, 0.15) is 40.0 Å². The molecule has 0 amide bonds. The molecule has 0 unspecified atom stereocenters. The van der Waals surface area contributed by atoms with Gasteiger partial charge in [-0.15, -0.1) is 0 Å². The predicted octanol–water partition coefficient (Wildman–Crippen LogP) is 5.58. The first-order chi connectivity index (χ1) is 13.1. The van der Waals surface area contributed by atoms with E-state index in [1.165, 1.54) is 39.0 Å². The third-order valence-corrected chi connectivity index (χ3v) is 9.39. The van der Waals surface area contributed by atoms with Crippen LogP contribution in [0.4, 0.5) is 0 Å². The molecule has 0 saturated heterocycles. The minimum atomic E-state index is -1.97. The zero-order valence-electron chi connectivity index (χ0n) is 18.2. The molecule has 148 valence electrons. The van der Waals surface area contributed by atoms with Crippen molar-refractivity contribution in [2.75, 3.05) is 14.1 Å². The molecule has 29 heavy (non-hydrogen) atoms. The van der Waals surface area contributed by atoms with Crippen molar-refractivity contribution < 1.29 is 30.3 Å². The average Bonchev–Trinajstić information content (AvgIpc) is 2.91. The van der Waals surface area contributed by atoms with Gasteiger partial charge in [-0.3, -0.25) is 0 Å². The predicted molar refractivity (Wildman–Crippen MR) is 118 cm³/mol. The molecule has 4 aliphatic rings. The van der Waals surface area contributed by atoms with Crippen molar-refractivity contribution in [3.63, 3.8) is 0 Å². The van der Waals surface area contributed by atoms with Crippen molar-refractivity contribution in [3.8, 4) is 0 Å². The molecule has 0 fully saturated rings.